The normalized spacial score (nSPS) is 10.5. The second kappa shape index (κ2) is 8.79. The van der Waals surface area contributed by atoms with Crippen LogP contribution in [0.25, 0.3) is 11.4 Å². The molecule has 0 saturated heterocycles. The van der Waals surface area contributed by atoms with Gasteiger partial charge in [0.15, 0.2) is 5.82 Å². The Kier molecular flexibility index (Phi) is 6.20. The zero-order valence-corrected chi connectivity index (χ0v) is 16.2. The first-order chi connectivity index (χ1) is 13.1. The lowest BCUT2D eigenvalue weighted by molar-refractivity contribution is -0.113. The monoisotopic (exact) mass is 404 g/mol. The molecule has 0 aliphatic rings. The Balaban J connectivity index is 1.62. The van der Waals surface area contributed by atoms with Crippen molar-refractivity contribution in [3.63, 3.8) is 0 Å². The van der Waals surface area contributed by atoms with E-state index in [2.05, 4.69) is 20.5 Å². The summed E-state index contributed by atoms with van der Waals surface area (Å²) in [6.45, 7) is 0. The number of nitrogens with one attached hydrogen (secondary N) is 2. The Morgan fingerprint density at radius 2 is 1.93 bits per heavy atom. The minimum absolute atomic E-state index is 0.138. The lowest BCUT2D eigenvalue weighted by Crippen LogP contribution is -2.15. The maximum atomic E-state index is 12.3. The fraction of sp³-hybridized carbons (Fsp3) is 0.167. The minimum Gasteiger partial charge on any atom is -0.495 e. The van der Waals surface area contributed by atoms with Gasteiger partial charge in [0.05, 0.1) is 30.7 Å². The molecule has 0 fully saturated rings. The fourth-order valence-corrected chi connectivity index (χ4v) is 3.15. The molecular weight excluding hydrogens is 388 g/mol. The zero-order chi connectivity index (χ0) is 19.2. The second-order valence-electron chi connectivity index (χ2n) is 5.36. The summed E-state index contributed by atoms with van der Waals surface area (Å²) in [5, 5.41) is 10.6. The van der Waals surface area contributed by atoms with Crippen LogP contribution in [0.4, 0.5) is 5.69 Å². The number of anilines is 1. The standard InChI is InChI=1S/C18H17ClN4O3S/c1-25-14-9-15(26-2)13(8-12(14)19)20-16(24)10-27-18-21-17(22-23-18)11-6-4-3-5-7-11/h3-9H,10H2,1-2H3,(H,20,24)(H,21,22,23). The Hall–Kier alpha value is -2.71. The zero-order valence-electron chi connectivity index (χ0n) is 14.7. The first kappa shape index (κ1) is 19.1. The summed E-state index contributed by atoms with van der Waals surface area (Å²) in [5.41, 5.74) is 1.40. The summed E-state index contributed by atoms with van der Waals surface area (Å²) in [5.74, 6) is 1.49. The highest BCUT2D eigenvalue weighted by atomic mass is 35.5. The van der Waals surface area contributed by atoms with Gasteiger partial charge in [-0.2, -0.15) is 0 Å². The highest BCUT2D eigenvalue weighted by molar-refractivity contribution is 7.99. The molecule has 0 bridgehead atoms. The number of nitrogens with zero attached hydrogens (tertiary/aromatic N) is 2. The average Bonchev–Trinajstić information content (AvgIpc) is 3.16. The van der Waals surface area contributed by atoms with Crippen LogP contribution in [0.5, 0.6) is 11.5 Å². The van der Waals surface area contributed by atoms with Crippen molar-refractivity contribution >= 4 is 35.0 Å². The first-order valence-corrected chi connectivity index (χ1v) is 9.29. The van der Waals surface area contributed by atoms with Crippen LogP contribution >= 0.6 is 23.4 Å². The van der Waals surface area contributed by atoms with Crippen LogP contribution in [0.2, 0.25) is 5.02 Å². The average molecular weight is 405 g/mol. The Morgan fingerprint density at radius 3 is 2.63 bits per heavy atom. The molecule has 3 rings (SSSR count). The second-order valence-corrected chi connectivity index (χ2v) is 6.71. The van der Waals surface area contributed by atoms with E-state index < -0.39 is 0 Å². The number of rotatable bonds is 7. The van der Waals surface area contributed by atoms with Gasteiger partial charge in [0.2, 0.25) is 11.1 Å². The van der Waals surface area contributed by atoms with Crippen molar-refractivity contribution in [3.05, 3.63) is 47.5 Å². The maximum absolute atomic E-state index is 12.3. The van der Waals surface area contributed by atoms with Gasteiger partial charge < -0.3 is 14.8 Å². The predicted octanol–water partition coefficient (Wildman–Crippen LogP) is 3.87. The first-order valence-electron chi connectivity index (χ1n) is 7.92. The molecule has 140 valence electrons. The highest BCUT2D eigenvalue weighted by Crippen LogP contribution is 2.36. The molecule has 2 N–H and O–H groups in total. The van der Waals surface area contributed by atoms with Gasteiger partial charge in [-0.05, 0) is 6.07 Å². The van der Waals surface area contributed by atoms with Gasteiger partial charge in [0, 0.05) is 11.6 Å². The molecule has 0 aliphatic carbocycles. The SMILES string of the molecule is COc1cc(OC)c(NC(=O)CSc2n[nH]c(-c3ccccc3)n2)cc1Cl. The summed E-state index contributed by atoms with van der Waals surface area (Å²) in [6, 6.07) is 12.8. The quantitative estimate of drug-likeness (QED) is 0.581. The molecule has 3 aromatic rings. The van der Waals surface area contributed by atoms with Gasteiger partial charge in [-0.25, -0.2) is 4.98 Å². The van der Waals surface area contributed by atoms with Crippen molar-refractivity contribution in [2.24, 2.45) is 0 Å². The van der Waals surface area contributed by atoms with Gasteiger partial charge >= 0.3 is 0 Å². The van der Waals surface area contributed by atoms with E-state index in [1.54, 1.807) is 12.1 Å². The molecule has 2 aromatic carbocycles. The van der Waals surface area contributed by atoms with Crippen LogP contribution in [0.15, 0.2) is 47.6 Å². The summed E-state index contributed by atoms with van der Waals surface area (Å²) in [7, 11) is 3.02. The summed E-state index contributed by atoms with van der Waals surface area (Å²) in [4.78, 5) is 16.7. The number of aromatic nitrogens is 3. The number of ether oxygens (including phenoxy) is 2. The molecule has 0 aliphatic heterocycles. The van der Waals surface area contributed by atoms with Crippen molar-refractivity contribution in [3.8, 4) is 22.9 Å². The van der Waals surface area contributed by atoms with Crippen LogP contribution < -0.4 is 14.8 Å². The van der Waals surface area contributed by atoms with Crippen molar-refractivity contribution in [2.45, 2.75) is 5.16 Å². The molecule has 27 heavy (non-hydrogen) atoms. The molecule has 0 spiro atoms. The number of benzene rings is 2. The number of hydrogen-bond donors (Lipinski definition) is 2. The smallest absolute Gasteiger partial charge is 0.234 e. The topological polar surface area (TPSA) is 89.1 Å². The van der Waals surface area contributed by atoms with E-state index in [0.717, 1.165) is 5.56 Å². The van der Waals surface area contributed by atoms with Crippen LogP contribution in [-0.4, -0.2) is 41.1 Å². The molecular formula is C18H17ClN4O3S. The maximum Gasteiger partial charge on any atom is 0.234 e. The van der Waals surface area contributed by atoms with Gasteiger partial charge in [-0.1, -0.05) is 53.7 Å². The lowest BCUT2D eigenvalue weighted by Gasteiger charge is -2.12. The number of amides is 1. The minimum atomic E-state index is -0.231. The fourth-order valence-electron chi connectivity index (χ4n) is 2.31. The highest BCUT2D eigenvalue weighted by Gasteiger charge is 2.14. The molecule has 1 amide bonds. The number of H-pyrrole nitrogens is 1. The van der Waals surface area contributed by atoms with E-state index in [1.165, 1.54) is 26.0 Å². The summed E-state index contributed by atoms with van der Waals surface area (Å²) < 4.78 is 10.4. The van der Waals surface area contributed by atoms with Crippen LogP contribution in [-0.2, 0) is 4.79 Å². The molecule has 0 radical (unpaired) electrons. The number of methoxy groups -OCH3 is 2. The Morgan fingerprint density at radius 1 is 1.19 bits per heavy atom. The Labute approximate surface area is 165 Å². The number of carbonyl (C=O) groups is 1. The van der Waals surface area contributed by atoms with Gasteiger partial charge in [0.25, 0.3) is 0 Å². The van der Waals surface area contributed by atoms with Crippen molar-refractivity contribution < 1.29 is 14.3 Å². The summed E-state index contributed by atoms with van der Waals surface area (Å²) >= 11 is 7.34. The van der Waals surface area contributed by atoms with E-state index in [-0.39, 0.29) is 11.7 Å². The number of halogens is 1. The van der Waals surface area contributed by atoms with E-state index in [4.69, 9.17) is 21.1 Å². The number of carbonyl (C=O) groups excluding carboxylic acids is 1. The third-order valence-electron chi connectivity index (χ3n) is 3.59. The Bertz CT molecular complexity index is 934. The van der Waals surface area contributed by atoms with E-state index in [1.807, 2.05) is 30.3 Å². The lowest BCUT2D eigenvalue weighted by atomic mass is 10.2. The van der Waals surface area contributed by atoms with Gasteiger partial charge in [-0.15, -0.1) is 5.10 Å². The van der Waals surface area contributed by atoms with Gasteiger partial charge in [0.1, 0.15) is 11.5 Å². The summed E-state index contributed by atoms with van der Waals surface area (Å²) in [6.07, 6.45) is 0. The largest absolute Gasteiger partial charge is 0.495 e. The van der Waals surface area contributed by atoms with E-state index >= 15 is 0 Å². The number of thioether (sulfide) groups is 1. The molecule has 0 unspecified atom stereocenters. The molecule has 0 atom stereocenters. The molecule has 9 heteroatoms. The van der Waals surface area contributed by atoms with E-state index in [9.17, 15) is 4.79 Å². The third kappa shape index (κ3) is 4.72. The van der Waals surface area contributed by atoms with Gasteiger partial charge in [-0.3, -0.25) is 9.89 Å². The molecule has 0 saturated carbocycles. The number of hydrogen-bond acceptors (Lipinski definition) is 6. The van der Waals surface area contributed by atoms with Crippen molar-refractivity contribution in [1.29, 1.82) is 0 Å². The van der Waals surface area contributed by atoms with Crippen molar-refractivity contribution in [1.82, 2.24) is 15.2 Å². The van der Waals surface area contributed by atoms with Crippen LogP contribution in [0.1, 0.15) is 0 Å². The van der Waals surface area contributed by atoms with Crippen molar-refractivity contribution in [2.75, 3.05) is 25.3 Å². The van der Waals surface area contributed by atoms with E-state index in [0.29, 0.717) is 33.2 Å². The van der Waals surface area contributed by atoms with Crippen LogP contribution in [0, 0.1) is 0 Å². The molecule has 1 aromatic heterocycles. The molecule has 7 nitrogen and oxygen atoms in total. The number of aromatic amines is 1. The molecule has 1 heterocycles. The predicted molar refractivity (Wildman–Crippen MR) is 106 cm³/mol. The van der Waals surface area contributed by atoms with Crippen LogP contribution in [0.3, 0.4) is 0 Å². The third-order valence-corrected chi connectivity index (χ3v) is 4.74.